The smallest absolute Gasteiger partial charge is 0.270 e. The number of carbonyl (C=O) groups is 2. The topological polar surface area (TPSA) is 124 Å². The van der Waals surface area contributed by atoms with E-state index in [0.717, 1.165) is 11.1 Å². The van der Waals surface area contributed by atoms with Crippen LogP contribution < -0.4 is 36.1 Å². The van der Waals surface area contributed by atoms with Crippen LogP contribution in [0.5, 0.6) is 5.75 Å². The normalized spacial score (nSPS) is 14.6. The predicted octanol–water partition coefficient (Wildman–Crippen LogP) is 4.86. The third kappa shape index (κ3) is 8.01. The summed E-state index contributed by atoms with van der Waals surface area (Å²) in [6.45, 7) is 16.3. The average molecular weight is 586 g/mol. The van der Waals surface area contributed by atoms with E-state index in [9.17, 15) is 13.8 Å². The fourth-order valence-electron chi connectivity index (χ4n) is 3.97. The molecule has 5 N–H and O–H groups in total. The van der Waals surface area contributed by atoms with Gasteiger partial charge >= 0.3 is 0 Å². The van der Waals surface area contributed by atoms with Gasteiger partial charge in [0.2, 0.25) is 0 Å². The van der Waals surface area contributed by atoms with E-state index in [2.05, 4.69) is 67.9 Å². The molecule has 0 saturated carbocycles. The molecule has 11 heteroatoms. The molecule has 1 atom stereocenters. The molecule has 1 heterocycles. The first-order valence-electron chi connectivity index (χ1n) is 13.5. The van der Waals surface area contributed by atoms with Crippen LogP contribution in [0.3, 0.4) is 0 Å². The van der Waals surface area contributed by atoms with Crippen LogP contribution in [0, 0.1) is 12.3 Å². The summed E-state index contributed by atoms with van der Waals surface area (Å²) in [6, 6.07) is 9.08. The van der Waals surface area contributed by atoms with Gasteiger partial charge in [-0.2, -0.15) is 0 Å². The second-order valence-corrected chi connectivity index (χ2v) is 15.5. The van der Waals surface area contributed by atoms with Crippen LogP contribution in [0.25, 0.3) is 0 Å². The van der Waals surface area contributed by atoms with E-state index in [1.807, 2.05) is 32.0 Å². The van der Waals surface area contributed by atoms with E-state index >= 15 is 0 Å². The van der Waals surface area contributed by atoms with E-state index in [4.69, 9.17) is 4.74 Å². The van der Waals surface area contributed by atoms with E-state index in [-0.39, 0.29) is 28.7 Å². The van der Waals surface area contributed by atoms with Crippen LogP contribution in [0.1, 0.15) is 70.0 Å². The van der Waals surface area contributed by atoms with Crippen LogP contribution in [0.4, 0.5) is 17.1 Å². The summed E-state index contributed by atoms with van der Waals surface area (Å²) < 4.78 is 21.3. The van der Waals surface area contributed by atoms with Crippen LogP contribution in [0.15, 0.2) is 42.2 Å². The lowest BCUT2D eigenvalue weighted by molar-refractivity contribution is -0.119. The van der Waals surface area contributed by atoms with Crippen molar-refractivity contribution in [2.75, 3.05) is 34.7 Å². The van der Waals surface area contributed by atoms with Crippen molar-refractivity contribution in [1.29, 1.82) is 0 Å². The molecule has 0 fully saturated rings. The molecule has 2 amide bonds. The molecule has 0 unspecified atom stereocenters. The minimum Gasteiger partial charge on any atom is -0.492 e. The highest BCUT2D eigenvalue weighted by molar-refractivity contribution is 8.02. The summed E-state index contributed by atoms with van der Waals surface area (Å²) in [5.41, 5.74) is 9.89. The summed E-state index contributed by atoms with van der Waals surface area (Å²) >= 11 is 0. The first-order valence-corrected chi connectivity index (χ1v) is 15.9. The van der Waals surface area contributed by atoms with Crippen LogP contribution in [-0.2, 0) is 24.5 Å². The van der Waals surface area contributed by atoms with Crippen molar-refractivity contribution >= 4 is 39.0 Å². The summed E-state index contributed by atoms with van der Waals surface area (Å²) in [6.07, 6.45) is 4.88. The molecular weight excluding hydrogens is 540 g/mol. The van der Waals surface area contributed by atoms with Gasteiger partial charge in [0, 0.05) is 11.6 Å². The number of hydrogen-bond acceptors (Lipinski definition) is 7. The van der Waals surface area contributed by atoms with E-state index in [1.54, 1.807) is 35.9 Å². The second kappa shape index (κ2) is 11.7. The summed E-state index contributed by atoms with van der Waals surface area (Å²) in [4.78, 5) is 26.3. The highest BCUT2D eigenvalue weighted by Crippen LogP contribution is 2.39. The number of nitrogens with one attached hydrogen (secondary N) is 5. The Balaban J connectivity index is 1.91. The quantitative estimate of drug-likeness (QED) is 0.280. The highest BCUT2D eigenvalue weighted by Gasteiger charge is 2.27. The Bertz CT molecular complexity index is 1400. The Morgan fingerprint density at radius 3 is 2.20 bits per heavy atom. The largest absolute Gasteiger partial charge is 0.492 e. The van der Waals surface area contributed by atoms with Gasteiger partial charge in [0.1, 0.15) is 23.9 Å². The molecule has 41 heavy (non-hydrogen) atoms. The number of methoxy groups -OCH3 is 1. The summed E-state index contributed by atoms with van der Waals surface area (Å²) in [5, 5.41) is 7.67. The van der Waals surface area contributed by atoms with Gasteiger partial charge in [0.05, 0.1) is 24.7 Å². The summed E-state index contributed by atoms with van der Waals surface area (Å²) in [7, 11) is -0.847. The Kier molecular flexibility index (Phi) is 9.14. The lowest BCUT2D eigenvalue weighted by Gasteiger charge is -2.28. The lowest BCUT2D eigenvalue weighted by Crippen LogP contribution is -2.45. The molecule has 0 spiro atoms. The maximum absolute atomic E-state index is 13.5. The predicted molar refractivity (Wildman–Crippen MR) is 168 cm³/mol. The maximum atomic E-state index is 13.5. The summed E-state index contributed by atoms with van der Waals surface area (Å²) in [5.74, 6) is -0.181. The maximum Gasteiger partial charge on any atom is 0.270 e. The molecule has 2 aromatic rings. The molecule has 0 aliphatic carbocycles. The van der Waals surface area contributed by atoms with Gasteiger partial charge in [0.25, 0.3) is 11.8 Å². The Labute approximate surface area is 245 Å². The van der Waals surface area contributed by atoms with Crippen LogP contribution in [-0.4, -0.2) is 37.5 Å². The highest BCUT2D eigenvalue weighted by atomic mass is 32.3. The van der Waals surface area contributed by atoms with Gasteiger partial charge in [-0.1, -0.05) is 51.8 Å². The van der Waals surface area contributed by atoms with Gasteiger partial charge < -0.3 is 15.4 Å². The van der Waals surface area contributed by atoms with Gasteiger partial charge in [0.15, 0.2) is 15.9 Å². The first kappa shape index (κ1) is 32.0. The number of anilines is 3. The fraction of sp³-hybridized carbons (Fsp3) is 0.467. The Morgan fingerprint density at radius 1 is 1.00 bits per heavy atom. The molecular formula is C30H45N6O4S+. The molecule has 3 rings (SSSR count). The molecule has 1 aliphatic heterocycles. The van der Waals surface area contributed by atoms with Crippen molar-refractivity contribution in [3.05, 3.63) is 58.9 Å². The molecule has 0 saturated heterocycles. The second-order valence-electron chi connectivity index (χ2n) is 12.9. The number of nitrogens with zero attached hydrogens (tertiary/aromatic N) is 1. The van der Waals surface area contributed by atoms with E-state index in [0.29, 0.717) is 34.1 Å². The molecule has 0 bridgehead atoms. The molecule has 0 aromatic heterocycles. The number of carbonyl (C=O) groups excluding carboxylic acids is 2. The van der Waals surface area contributed by atoms with Gasteiger partial charge in [-0.3, -0.25) is 20.0 Å². The van der Waals surface area contributed by atoms with Crippen molar-refractivity contribution in [1.82, 2.24) is 16.3 Å². The van der Waals surface area contributed by atoms with Crippen LogP contribution in [0.2, 0.25) is 0 Å². The lowest BCUT2D eigenvalue weighted by atomic mass is 9.86. The van der Waals surface area contributed by atoms with E-state index < -0.39 is 10.1 Å². The zero-order valence-electron chi connectivity index (χ0n) is 26.0. The zero-order valence-corrected chi connectivity index (χ0v) is 26.8. The first-order chi connectivity index (χ1) is 18.8. The monoisotopic (exact) mass is 585 g/mol. The molecule has 2 aromatic carbocycles. The van der Waals surface area contributed by atoms with Crippen molar-refractivity contribution in [2.24, 2.45) is 5.41 Å². The fourth-order valence-corrected chi connectivity index (χ4v) is 4.65. The molecule has 10 nitrogen and oxygen atoms in total. The minimum absolute atomic E-state index is 0.0360. The molecule has 224 valence electrons. The number of amides is 2. The number of rotatable bonds is 8. The number of ether oxygens (including phenoxy) is 1. The van der Waals surface area contributed by atoms with Gasteiger partial charge in [-0.25, -0.2) is 4.72 Å². The van der Waals surface area contributed by atoms with Crippen molar-refractivity contribution in [2.45, 2.75) is 66.8 Å². The molecule has 1 aliphatic rings. The van der Waals surface area contributed by atoms with Crippen molar-refractivity contribution < 1.29 is 18.5 Å². The number of benzene rings is 2. The average Bonchev–Trinajstić information content (AvgIpc) is 3.32. The van der Waals surface area contributed by atoms with Crippen LogP contribution >= 0.6 is 0 Å². The zero-order chi connectivity index (χ0) is 30.9. The standard InChI is InChI=1S/C30H44N6O4S/c1-18-12-13-20(14-25(18)36-17-24(33-35-36)28(38)31-19(2)29(3,4)5)27(37)32-22-15-21(30(6,7)8)16-23(26(22)40-9)34-41(10,11)39/h12-17,19,33,35H,1-11H3,(H2-,31,32,34,37,38,39)/p+1/t19-/m1/s1. The molecule has 0 radical (unpaired) electrons. The van der Waals surface area contributed by atoms with Crippen molar-refractivity contribution in [3.63, 3.8) is 0 Å². The van der Waals surface area contributed by atoms with Gasteiger partial charge in [-0.15, -0.1) is 5.53 Å². The number of hydrogen-bond donors (Lipinski definition) is 5. The SMILES string of the molecule is COc1c(NC(=O)c2ccc(C)c(N3C=C(C(=O)N[C@H](C)C(C)(C)C)NN3)c2)cc(C(C)(C)C)cc1N[S+](C)(C)=O. The van der Waals surface area contributed by atoms with E-state index in [1.165, 1.54) is 7.11 Å². The number of aryl methyl sites for hydroxylation is 1. The Hall–Kier alpha value is -3.57. The minimum atomic E-state index is -2.36. The third-order valence-electron chi connectivity index (χ3n) is 6.95. The van der Waals surface area contributed by atoms with Crippen molar-refractivity contribution in [3.8, 4) is 5.75 Å². The number of hydrazine groups is 2. The van der Waals surface area contributed by atoms with Gasteiger partial charge in [-0.05, 0) is 60.1 Å². The Morgan fingerprint density at radius 2 is 1.63 bits per heavy atom. The third-order valence-corrected chi connectivity index (χ3v) is 7.67.